The maximum atomic E-state index is 12.5. The molecule has 16 heavy (non-hydrogen) atoms. The highest BCUT2D eigenvalue weighted by atomic mass is 32.2. The smallest absolute Gasteiger partial charge is 0.264 e. The number of rotatable bonds is 1. The van der Waals surface area contributed by atoms with Crippen molar-refractivity contribution < 1.29 is 18.6 Å². The van der Waals surface area contributed by atoms with Crippen molar-refractivity contribution in [2.75, 3.05) is 14.1 Å². The number of fused-ring (bicyclic) bond motifs is 1. The lowest BCUT2D eigenvalue weighted by Gasteiger charge is -2.33. The molecular formula is C9H14F2N2O2S. The predicted octanol–water partition coefficient (Wildman–Crippen LogP) is 0.760. The molecule has 2 aliphatic heterocycles. The highest BCUT2D eigenvalue weighted by Gasteiger charge is 2.45. The topological polar surface area (TPSA) is 45.1 Å². The first-order chi connectivity index (χ1) is 7.49. The van der Waals surface area contributed by atoms with Crippen molar-refractivity contribution in [3.8, 4) is 0 Å². The van der Waals surface area contributed by atoms with E-state index < -0.39 is 30.1 Å². The number of ether oxygens (including phenoxy) is 1. The van der Waals surface area contributed by atoms with Crippen molar-refractivity contribution in [3.05, 3.63) is 0 Å². The minimum Gasteiger partial charge on any atom is -0.391 e. The van der Waals surface area contributed by atoms with E-state index in [4.69, 9.17) is 4.74 Å². The van der Waals surface area contributed by atoms with Crippen LogP contribution >= 0.6 is 11.8 Å². The number of nitrogens with zero attached hydrogens (tertiary/aromatic N) is 2. The molecule has 92 valence electrons. The van der Waals surface area contributed by atoms with Crippen molar-refractivity contribution in [1.29, 1.82) is 0 Å². The first-order valence-electron chi connectivity index (χ1n) is 5.02. The van der Waals surface area contributed by atoms with Gasteiger partial charge in [-0.3, -0.25) is 4.99 Å². The quantitative estimate of drug-likeness (QED) is 0.748. The Morgan fingerprint density at radius 1 is 1.56 bits per heavy atom. The molecule has 0 aromatic rings. The van der Waals surface area contributed by atoms with E-state index in [9.17, 15) is 13.9 Å². The first kappa shape index (κ1) is 12.1. The second-order valence-corrected chi connectivity index (χ2v) is 5.16. The fourth-order valence-electron chi connectivity index (χ4n) is 1.76. The van der Waals surface area contributed by atoms with Crippen LogP contribution in [0.25, 0.3) is 0 Å². The Kier molecular flexibility index (Phi) is 3.37. The van der Waals surface area contributed by atoms with Crippen LogP contribution in [0.2, 0.25) is 0 Å². The maximum absolute atomic E-state index is 12.5. The normalized spacial score (nSPS) is 38.5. The van der Waals surface area contributed by atoms with Gasteiger partial charge in [0.1, 0.15) is 17.6 Å². The van der Waals surface area contributed by atoms with Crippen molar-refractivity contribution >= 4 is 16.9 Å². The van der Waals surface area contributed by atoms with E-state index in [1.807, 2.05) is 14.1 Å². The van der Waals surface area contributed by atoms with Crippen LogP contribution in [-0.4, -0.2) is 59.4 Å². The van der Waals surface area contributed by atoms with Crippen molar-refractivity contribution in [2.24, 2.45) is 4.99 Å². The number of aliphatic hydroxyl groups excluding tert-OH is 1. The molecule has 2 aliphatic rings. The molecule has 0 spiro atoms. The van der Waals surface area contributed by atoms with E-state index in [0.29, 0.717) is 5.17 Å². The second kappa shape index (κ2) is 4.46. The third kappa shape index (κ3) is 2.16. The minimum atomic E-state index is -2.56. The van der Waals surface area contributed by atoms with E-state index >= 15 is 0 Å². The van der Waals surface area contributed by atoms with Crippen LogP contribution in [0, 0.1) is 0 Å². The van der Waals surface area contributed by atoms with E-state index in [0.717, 1.165) is 0 Å². The standard InChI is InChI=1S/C9H14F2N2O2S/c1-13(2)9-12-6-4(14)3-5(7(10)11)15-8(6)16-9/h4-8,14H,3H2,1-2H3/t4?,5?,6-,8-/m1/s1. The molecule has 4 nitrogen and oxygen atoms in total. The zero-order chi connectivity index (χ0) is 11.9. The summed E-state index contributed by atoms with van der Waals surface area (Å²) in [5, 5.41) is 10.5. The molecule has 2 rings (SSSR count). The van der Waals surface area contributed by atoms with Crippen molar-refractivity contribution in [1.82, 2.24) is 4.90 Å². The molecule has 1 saturated heterocycles. The molecule has 7 heteroatoms. The Hall–Kier alpha value is -0.400. The Morgan fingerprint density at radius 3 is 2.81 bits per heavy atom. The number of hydrogen-bond donors (Lipinski definition) is 1. The second-order valence-electron chi connectivity index (χ2n) is 4.09. The number of hydrogen-bond acceptors (Lipinski definition) is 5. The molecule has 0 radical (unpaired) electrons. The predicted molar refractivity (Wildman–Crippen MR) is 57.8 cm³/mol. The average Bonchev–Trinajstić information content (AvgIpc) is 2.61. The summed E-state index contributed by atoms with van der Waals surface area (Å²) < 4.78 is 30.3. The van der Waals surface area contributed by atoms with Crippen LogP contribution in [0.1, 0.15) is 6.42 Å². The van der Waals surface area contributed by atoms with Crippen LogP contribution in [0.5, 0.6) is 0 Å². The monoisotopic (exact) mass is 252 g/mol. The zero-order valence-electron chi connectivity index (χ0n) is 9.01. The summed E-state index contributed by atoms with van der Waals surface area (Å²) in [5.41, 5.74) is -0.486. The number of halogens is 2. The third-order valence-corrected chi connectivity index (χ3v) is 3.90. The van der Waals surface area contributed by atoms with Crippen LogP contribution < -0.4 is 0 Å². The Morgan fingerprint density at radius 2 is 2.25 bits per heavy atom. The van der Waals surface area contributed by atoms with Gasteiger partial charge in [0.15, 0.2) is 5.17 Å². The van der Waals surface area contributed by atoms with Gasteiger partial charge in [0.25, 0.3) is 6.43 Å². The molecule has 0 aromatic heterocycles. The number of alkyl halides is 2. The summed E-state index contributed by atoms with van der Waals surface area (Å²) >= 11 is 1.29. The molecule has 2 heterocycles. The molecule has 0 aliphatic carbocycles. The van der Waals surface area contributed by atoms with Gasteiger partial charge in [-0.25, -0.2) is 8.78 Å². The summed E-state index contributed by atoms with van der Waals surface area (Å²) in [7, 11) is 3.64. The Labute approximate surface area is 96.7 Å². The van der Waals surface area contributed by atoms with Gasteiger partial charge >= 0.3 is 0 Å². The van der Waals surface area contributed by atoms with E-state index in [-0.39, 0.29) is 6.42 Å². The summed E-state index contributed by atoms with van der Waals surface area (Å²) in [6.45, 7) is 0. The Balaban J connectivity index is 2.07. The lowest BCUT2D eigenvalue weighted by atomic mass is 10.0. The van der Waals surface area contributed by atoms with Crippen molar-refractivity contribution in [3.63, 3.8) is 0 Å². The van der Waals surface area contributed by atoms with E-state index in [1.54, 1.807) is 4.90 Å². The van der Waals surface area contributed by atoms with Gasteiger partial charge in [0, 0.05) is 20.5 Å². The first-order valence-corrected chi connectivity index (χ1v) is 5.90. The number of thioether (sulfide) groups is 1. The SMILES string of the molecule is CN(C)C1=N[C@@H]2C(O)CC(C(F)F)O[C@@H]2S1. The molecule has 1 N–H and O–H groups in total. The van der Waals surface area contributed by atoms with Gasteiger partial charge in [0.2, 0.25) is 0 Å². The Bertz CT molecular complexity index is 301. The van der Waals surface area contributed by atoms with Crippen LogP contribution in [0.3, 0.4) is 0 Å². The molecule has 0 bridgehead atoms. The lowest BCUT2D eigenvalue weighted by Crippen LogP contribution is -2.46. The van der Waals surface area contributed by atoms with Gasteiger partial charge < -0.3 is 14.7 Å². The van der Waals surface area contributed by atoms with Gasteiger partial charge in [-0.05, 0) is 0 Å². The zero-order valence-corrected chi connectivity index (χ0v) is 9.82. The number of aliphatic hydroxyl groups is 1. The van der Waals surface area contributed by atoms with Crippen molar-refractivity contribution in [2.45, 2.75) is 36.5 Å². The largest absolute Gasteiger partial charge is 0.391 e. The molecular weight excluding hydrogens is 238 g/mol. The van der Waals surface area contributed by atoms with Crippen LogP contribution in [0.15, 0.2) is 4.99 Å². The molecule has 1 fully saturated rings. The van der Waals surface area contributed by atoms with Gasteiger partial charge in [-0.1, -0.05) is 11.8 Å². The summed E-state index contributed by atoms with van der Waals surface area (Å²) in [5.74, 6) is 0. The summed E-state index contributed by atoms with van der Waals surface area (Å²) in [6.07, 6.45) is -4.63. The summed E-state index contributed by atoms with van der Waals surface area (Å²) in [4.78, 5) is 6.06. The number of amidine groups is 1. The third-order valence-electron chi connectivity index (χ3n) is 2.60. The van der Waals surface area contributed by atoms with Crippen LogP contribution in [0.4, 0.5) is 8.78 Å². The van der Waals surface area contributed by atoms with Crippen LogP contribution in [-0.2, 0) is 4.74 Å². The molecule has 2 unspecified atom stereocenters. The van der Waals surface area contributed by atoms with Gasteiger partial charge in [0.05, 0.1) is 6.10 Å². The summed E-state index contributed by atoms with van der Waals surface area (Å²) in [6, 6.07) is -0.419. The highest BCUT2D eigenvalue weighted by molar-refractivity contribution is 8.14. The van der Waals surface area contributed by atoms with E-state index in [2.05, 4.69) is 4.99 Å². The van der Waals surface area contributed by atoms with E-state index in [1.165, 1.54) is 11.8 Å². The van der Waals surface area contributed by atoms with Gasteiger partial charge in [-0.15, -0.1) is 0 Å². The minimum absolute atomic E-state index is 0.0520. The molecule has 0 amide bonds. The fourth-order valence-corrected chi connectivity index (χ4v) is 2.94. The fraction of sp³-hybridized carbons (Fsp3) is 0.889. The average molecular weight is 252 g/mol. The molecule has 0 aromatic carbocycles. The van der Waals surface area contributed by atoms with Gasteiger partial charge in [-0.2, -0.15) is 0 Å². The molecule has 4 atom stereocenters. The maximum Gasteiger partial charge on any atom is 0.264 e. The highest BCUT2D eigenvalue weighted by Crippen LogP contribution is 2.37. The number of aliphatic imine (C=N–C) groups is 1. The lowest BCUT2D eigenvalue weighted by molar-refractivity contribution is -0.127. The molecule has 0 saturated carbocycles.